The van der Waals surface area contributed by atoms with Gasteiger partial charge in [-0.25, -0.2) is 4.79 Å². The van der Waals surface area contributed by atoms with Crippen LogP contribution in [0.4, 0.5) is 0 Å². The predicted molar refractivity (Wildman–Crippen MR) is 66.6 cm³/mol. The van der Waals surface area contributed by atoms with Gasteiger partial charge in [0, 0.05) is 31.7 Å². The lowest BCUT2D eigenvalue weighted by atomic mass is 9.97. The molecule has 1 N–H and O–H groups in total. The van der Waals surface area contributed by atoms with Gasteiger partial charge in [-0.05, 0) is 25.8 Å². The summed E-state index contributed by atoms with van der Waals surface area (Å²) in [4.78, 5) is 16.0. The van der Waals surface area contributed by atoms with Crippen molar-refractivity contribution < 1.29 is 14.6 Å². The minimum absolute atomic E-state index is 0.552. The topological polar surface area (TPSA) is 53.0 Å². The predicted octanol–water partition coefficient (Wildman–Crippen LogP) is 0.399. The smallest absolute Gasteiger partial charge is 0.334 e. The number of carboxylic acids is 1. The molecule has 0 saturated carbocycles. The monoisotopic (exact) mass is 254 g/mol. The molecule has 3 unspecified atom stereocenters. The van der Waals surface area contributed by atoms with Gasteiger partial charge in [0.05, 0.1) is 6.61 Å². The van der Waals surface area contributed by atoms with E-state index in [1.54, 1.807) is 0 Å². The lowest BCUT2D eigenvalue weighted by Crippen LogP contribution is -2.54. The second kappa shape index (κ2) is 5.15. The van der Waals surface area contributed by atoms with Crippen molar-refractivity contribution in [3.05, 3.63) is 0 Å². The molecule has 0 aliphatic carbocycles. The fraction of sp³-hybridized carbons (Fsp3) is 0.923. The van der Waals surface area contributed by atoms with Crippen LogP contribution in [0, 0.1) is 0 Å². The first-order valence-electron chi connectivity index (χ1n) is 7.08. The lowest BCUT2D eigenvalue weighted by Gasteiger charge is -2.40. The zero-order chi connectivity index (χ0) is 12.5. The van der Waals surface area contributed by atoms with E-state index in [2.05, 4.69) is 9.80 Å². The number of nitrogens with zero attached hydrogens (tertiary/aromatic N) is 2. The first kappa shape index (κ1) is 12.4. The van der Waals surface area contributed by atoms with E-state index >= 15 is 0 Å². The van der Waals surface area contributed by atoms with E-state index in [-0.39, 0.29) is 0 Å². The van der Waals surface area contributed by atoms with Crippen molar-refractivity contribution in [2.75, 3.05) is 32.8 Å². The SMILES string of the molecule is O=C(O)C1CN(C2CCN3CCCCC23)CCO1. The number of morpholine rings is 1. The van der Waals surface area contributed by atoms with E-state index in [1.165, 1.54) is 38.8 Å². The standard InChI is InChI=1S/C13H22N2O3/c16-13(17)12-9-15(7-8-18-12)11-4-6-14-5-2-1-3-10(11)14/h10-12H,1-9H2,(H,16,17). The number of hydrogen-bond donors (Lipinski definition) is 1. The molecule has 0 radical (unpaired) electrons. The number of aliphatic carboxylic acids is 1. The molecule has 3 rings (SSSR count). The van der Waals surface area contributed by atoms with Crippen LogP contribution in [0.15, 0.2) is 0 Å². The summed E-state index contributed by atoms with van der Waals surface area (Å²) in [5.41, 5.74) is 0. The Balaban J connectivity index is 1.65. The van der Waals surface area contributed by atoms with Crippen molar-refractivity contribution in [1.29, 1.82) is 0 Å². The summed E-state index contributed by atoms with van der Waals surface area (Å²) in [6.07, 6.45) is 4.49. The molecule has 3 fully saturated rings. The molecular formula is C13H22N2O3. The molecule has 3 saturated heterocycles. The molecule has 18 heavy (non-hydrogen) atoms. The molecule has 0 aromatic heterocycles. The van der Waals surface area contributed by atoms with Gasteiger partial charge in [0.2, 0.25) is 0 Å². The van der Waals surface area contributed by atoms with Crippen molar-refractivity contribution in [1.82, 2.24) is 9.80 Å². The number of fused-ring (bicyclic) bond motifs is 1. The van der Waals surface area contributed by atoms with Gasteiger partial charge in [-0.1, -0.05) is 6.42 Å². The van der Waals surface area contributed by atoms with Crippen LogP contribution in [0.25, 0.3) is 0 Å². The van der Waals surface area contributed by atoms with E-state index in [1.807, 2.05) is 0 Å². The van der Waals surface area contributed by atoms with Gasteiger partial charge in [-0.3, -0.25) is 9.80 Å². The molecule has 3 aliphatic rings. The molecule has 0 aromatic carbocycles. The third-order valence-corrected chi connectivity index (χ3v) is 4.66. The highest BCUT2D eigenvalue weighted by molar-refractivity contribution is 5.72. The highest BCUT2D eigenvalue weighted by atomic mass is 16.5. The molecule has 0 spiro atoms. The highest BCUT2D eigenvalue weighted by Crippen LogP contribution is 2.31. The normalized spacial score (nSPS) is 38.6. The Labute approximate surface area is 108 Å². The summed E-state index contributed by atoms with van der Waals surface area (Å²) < 4.78 is 5.31. The third-order valence-electron chi connectivity index (χ3n) is 4.66. The maximum Gasteiger partial charge on any atom is 0.334 e. The van der Waals surface area contributed by atoms with Crippen LogP contribution in [0.5, 0.6) is 0 Å². The number of carboxylic acid groups (broad SMARTS) is 1. The molecule has 3 aliphatic heterocycles. The van der Waals surface area contributed by atoms with Gasteiger partial charge in [0.25, 0.3) is 0 Å². The Kier molecular flexibility index (Phi) is 3.54. The van der Waals surface area contributed by atoms with Gasteiger partial charge in [0.15, 0.2) is 6.10 Å². The first-order valence-corrected chi connectivity index (χ1v) is 7.08. The molecule has 5 heteroatoms. The fourth-order valence-corrected chi connectivity index (χ4v) is 3.77. The van der Waals surface area contributed by atoms with E-state index < -0.39 is 12.1 Å². The Morgan fingerprint density at radius 3 is 2.72 bits per heavy atom. The van der Waals surface area contributed by atoms with Crippen LogP contribution >= 0.6 is 0 Å². The van der Waals surface area contributed by atoms with E-state index in [9.17, 15) is 4.79 Å². The van der Waals surface area contributed by atoms with Gasteiger partial charge in [-0.2, -0.15) is 0 Å². The maximum absolute atomic E-state index is 11.0. The van der Waals surface area contributed by atoms with Crippen LogP contribution < -0.4 is 0 Å². The molecule has 3 atom stereocenters. The second-order valence-electron chi connectivity index (χ2n) is 5.65. The third kappa shape index (κ3) is 2.27. The fourth-order valence-electron chi connectivity index (χ4n) is 3.77. The van der Waals surface area contributed by atoms with Crippen LogP contribution in [-0.2, 0) is 9.53 Å². The van der Waals surface area contributed by atoms with E-state index in [0.717, 1.165) is 6.54 Å². The van der Waals surface area contributed by atoms with Gasteiger partial charge >= 0.3 is 5.97 Å². The van der Waals surface area contributed by atoms with Gasteiger partial charge in [-0.15, -0.1) is 0 Å². The molecule has 102 valence electrons. The maximum atomic E-state index is 11.0. The zero-order valence-electron chi connectivity index (χ0n) is 10.8. The summed E-state index contributed by atoms with van der Waals surface area (Å²) in [5.74, 6) is -0.821. The molecule has 5 nitrogen and oxygen atoms in total. The van der Waals surface area contributed by atoms with Crippen molar-refractivity contribution in [2.45, 2.75) is 43.9 Å². The Hall–Kier alpha value is -0.650. The Morgan fingerprint density at radius 2 is 1.89 bits per heavy atom. The molecule has 0 bridgehead atoms. The van der Waals surface area contributed by atoms with Crippen molar-refractivity contribution >= 4 is 5.97 Å². The van der Waals surface area contributed by atoms with Crippen LogP contribution in [-0.4, -0.2) is 71.8 Å². The number of piperidine rings is 1. The Morgan fingerprint density at radius 1 is 1.06 bits per heavy atom. The first-order chi connectivity index (χ1) is 8.75. The molecule has 0 aromatic rings. The minimum atomic E-state index is -0.821. The summed E-state index contributed by atoms with van der Waals surface area (Å²) >= 11 is 0. The average Bonchev–Trinajstić information content (AvgIpc) is 2.82. The van der Waals surface area contributed by atoms with Gasteiger partial charge < -0.3 is 9.84 Å². The van der Waals surface area contributed by atoms with Crippen LogP contribution in [0.1, 0.15) is 25.7 Å². The zero-order valence-corrected chi connectivity index (χ0v) is 10.8. The van der Waals surface area contributed by atoms with Crippen molar-refractivity contribution in [3.8, 4) is 0 Å². The summed E-state index contributed by atoms with van der Waals surface area (Å²) in [5, 5.41) is 9.07. The van der Waals surface area contributed by atoms with Crippen molar-refractivity contribution in [2.24, 2.45) is 0 Å². The van der Waals surface area contributed by atoms with Crippen molar-refractivity contribution in [3.63, 3.8) is 0 Å². The van der Waals surface area contributed by atoms with Gasteiger partial charge in [0.1, 0.15) is 0 Å². The number of rotatable bonds is 2. The summed E-state index contributed by atoms with van der Waals surface area (Å²) in [6.45, 7) is 4.42. The highest BCUT2D eigenvalue weighted by Gasteiger charge is 2.41. The van der Waals surface area contributed by atoms with Crippen LogP contribution in [0.2, 0.25) is 0 Å². The average molecular weight is 254 g/mol. The molecule has 0 amide bonds. The summed E-state index contributed by atoms with van der Waals surface area (Å²) in [6, 6.07) is 1.21. The van der Waals surface area contributed by atoms with E-state index in [4.69, 9.17) is 9.84 Å². The molecule has 3 heterocycles. The molecular weight excluding hydrogens is 232 g/mol. The Bertz CT molecular complexity index is 323. The van der Waals surface area contributed by atoms with Crippen LogP contribution in [0.3, 0.4) is 0 Å². The number of carbonyl (C=O) groups is 1. The second-order valence-corrected chi connectivity index (χ2v) is 5.65. The van der Waals surface area contributed by atoms with E-state index in [0.29, 0.717) is 25.2 Å². The minimum Gasteiger partial charge on any atom is -0.479 e. The largest absolute Gasteiger partial charge is 0.479 e. The summed E-state index contributed by atoms with van der Waals surface area (Å²) in [7, 11) is 0. The quantitative estimate of drug-likeness (QED) is 0.773. The number of hydrogen-bond acceptors (Lipinski definition) is 4. The number of ether oxygens (including phenoxy) is 1. The lowest BCUT2D eigenvalue weighted by molar-refractivity contribution is -0.157.